The number of rotatable bonds is 4. The number of hydrogen-bond donors (Lipinski definition) is 1. The summed E-state index contributed by atoms with van der Waals surface area (Å²) in [7, 11) is 0. The molecule has 1 spiro atoms. The van der Waals surface area contributed by atoms with Crippen LogP contribution in [0.2, 0.25) is 0 Å². The summed E-state index contributed by atoms with van der Waals surface area (Å²) in [5.41, 5.74) is 1.63. The topological polar surface area (TPSA) is 47.6 Å². The number of hydrogen-bond acceptors (Lipinski definition) is 4. The fraction of sp³-hybridized carbons (Fsp3) is 0.435. The minimum atomic E-state index is -4.78. The maximum absolute atomic E-state index is 12.7. The van der Waals surface area contributed by atoms with Gasteiger partial charge in [0.05, 0.1) is 18.2 Å². The number of ether oxygens (including phenoxy) is 2. The Morgan fingerprint density at radius 3 is 2.61 bits per heavy atom. The van der Waals surface area contributed by atoms with Crippen LogP contribution >= 0.6 is 12.4 Å². The van der Waals surface area contributed by atoms with Crippen molar-refractivity contribution >= 4 is 18.2 Å². The lowest BCUT2D eigenvalue weighted by atomic mass is 9.76. The van der Waals surface area contributed by atoms with E-state index in [1.807, 2.05) is 18.2 Å². The van der Waals surface area contributed by atoms with Gasteiger partial charge in [-0.2, -0.15) is 0 Å². The highest BCUT2D eigenvalue weighted by Gasteiger charge is 2.49. The van der Waals surface area contributed by atoms with Crippen LogP contribution in [-0.2, 0) is 4.74 Å². The van der Waals surface area contributed by atoms with Gasteiger partial charge in [0.1, 0.15) is 5.75 Å². The van der Waals surface area contributed by atoms with E-state index < -0.39 is 12.0 Å². The zero-order chi connectivity index (χ0) is 21.4. The third-order valence-electron chi connectivity index (χ3n) is 6.02. The lowest BCUT2D eigenvalue weighted by Crippen LogP contribution is -2.48. The fourth-order valence-corrected chi connectivity index (χ4v) is 4.80. The molecular weight excluding hydrogens is 431 g/mol. The Morgan fingerprint density at radius 1 is 1.19 bits per heavy atom. The highest BCUT2D eigenvalue weighted by atomic mass is 35.5. The van der Waals surface area contributed by atoms with Crippen LogP contribution in [0.1, 0.15) is 59.6 Å². The molecule has 2 aromatic rings. The van der Waals surface area contributed by atoms with Gasteiger partial charge in [-0.1, -0.05) is 30.3 Å². The SMILES string of the molecule is CC(=O)c1ccc(OC(F)(F)F)cc1[C@@H]1CO[C@]2(CCCN[C@H]2c2ccccc2)C1.Cl. The predicted molar refractivity (Wildman–Crippen MR) is 113 cm³/mol. The molecule has 2 fully saturated rings. The first kappa shape index (κ1) is 23.6. The Morgan fingerprint density at radius 2 is 1.94 bits per heavy atom. The summed E-state index contributed by atoms with van der Waals surface area (Å²) in [6, 6.07) is 14.0. The average molecular weight is 456 g/mol. The quantitative estimate of drug-likeness (QED) is 0.612. The summed E-state index contributed by atoms with van der Waals surface area (Å²) < 4.78 is 48.6. The van der Waals surface area contributed by atoms with Gasteiger partial charge in [0.25, 0.3) is 0 Å². The van der Waals surface area contributed by atoms with Crippen molar-refractivity contribution in [3.8, 4) is 5.75 Å². The van der Waals surface area contributed by atoms with Gasteiger partial charge in [-0.25, -0.2) is 0 Å². The van der Waals surface area contributed by atoms with E-state index in [1.54, 1.807) is 0 Å². The third-order valence-corrected chi connectivity index (χ3v) is 6.02. The molecule has 2 aromatic carbocycles. The van der Waals surface area contributed by atoms with E-state index >= 15 is 0 Å². The standard InChI is InChI=1S/C23H24F3NO3.ClH/c1-15(28)19-9-8-18(30-23(24,25)26)12-20(19)17-13-22(29-14-17)10-5-11-27-21(22)16-6-3-2-4-7-16;/h2-4,6-9,12,17,21,27H,5,10-11,13-14H2,1H3;1H/t17-,21-,22+;/m0./s1. The molecule has 2 aliphatic rings. The summed E-state index contributed by atoms with van der Waals surface area (Å²) >= 11 is 0. The maximum atomic E-state index is 12.7. The third kappa shape index (κ3) is 5.05. The molecule has 1 N–H and O–H groups in total. The highest BCUT2D eigenvalue weighted by molar-refractivity contribution is 5.96. The lowest BCUT2D eigenvalue weighted by molar-refractivity contribution is -0.274. The average Bonchev–Trinajstić information content (AvgIpc) is 3.11. The smallest absolute Gasteiger partial charge is 0.406 e. The summed E-state index contributed by atoms with van der Waals surface area (Å²) in [4.78, 5) is 12.2. The molecule has 2 aliphatic heterocycles. The Labute approximate surface area is 185 Å². The minimum absolute atomic E-state index is 0. The van der Waals surface area contributed by atoms with Crippen LogP contribution in [0.3, 0.4) is 0 Å². The van der Waals surface area contributed by atoms with Crippen molar-refractivity contribution in [3.05, 3.63) is 65.2 Å². The number of ketones is 1. The zero-order valence-corrected chi connectivity index (χ0v) is 17.9. The predicted octanol–water partition coefficient (Wildman–Crippen LogP) is 5.58. The van der Waals surface area contributed by atoms with E-state index in [9.17, 15) is 18.0 Å². The highest BCUT2D eigenvalue weighted by Crippen LogP contribution is 2.49. The van der Waals surface area contributed by atoms with Crippen molar-refractivity contribution in [2.45, 2.75) is 50.1 Å². The van der Waals surface area contributed by atoms with E-state index in [-0.39, 0.29) is 35.9 Å². The second-order valence-electron chi connectivity index (χ2n) is 8.03. The molecule has 0 amide bonds. The zero-order valence-electron chi connectivity index (χ0n) is 17.1. The second kappa shape index (κ2) is 9.18. The Balaban J connectivity index is 0.00000272. The summed E-state index contributed by atoms with van der Waals surface area (Å²) in [6.45, 7) is 2.65. The second-order valence-corrected chi connectivity index (χ2v) is 8.03. The van der Waals surface area contributed by atoms with Crippen molar-refractivity contribution in [1.29, 1.82) is 0 Å². The number of nitrogens with one attached hydrogen (secondary N) is 1. The van der Waals surface area contributed by atoms with Crippen molar-refractivity contribution in [1.82, 2.24) is 5.32 Å². The lowest BCUT2D eigenvalue weighted by Gasteiger charge is -2.41. The van der Waals surface area contributed by atoms with Gasteiger partial charge in [0.15, 0.2) is 5.78 Å². The molecular formula is C23H25ClF3NO3. The Bertz CT molecular complexity index is 922. The molecule has 31 heavy (non-hydrogen) atoms. The molecule has 2 saturated heterocycles. The van der Waals surface area contributed by atoms with Gasteiger partial charge >= 0.3 is 6.36 Å². The van der Waals surface area contributed by atoms with Crippen LogP contribution in [0.25, 0.3) is 0 Å². The summed E-state index contributed by atoms with van der Waals surface area (Å²) in [6.07, 6.45) is -2.36. The normalized spacial score (nSPS) is 25.8. The number of carbonyl (C=O) groups is 1. The van der Waals surface area contributed by atoms with Crippen LogP contribution in [0.4, 0.5) is 13.2 Å². The van der Waals surface area contributed by atoms with E-state index in [0.29, 0.717) is 24.2 Å². The van der Waals surface area contributed by atoms with E-state index in [1.165, 1.54) is 25.1 Å². The number of alkyl halides is 3. The molecule has 168 valence electrons. The van der Waals surface area contributed by atoms with Gasteiger partial charge in [-0.15, -0.1) is 25.6 Å². The van der Waals surface area contributed by atoms with Gasteiger partial charge in [-0.3, -0.25) is 4.79 Å². The number of piperidine rings is 1. The number of Topliss-reactive ketones (excluding diaryl/α,β-unsaturated/α-hetero) is 1. The fourth-order valence-electron chi connectivity index (χ4n) is 4.80. The molecule has 0 aliphatic carbocycles. The van der Waals surface area contributed by atoms with E-state index in [0.717, 1.165) is 24.9 Å². The van der Waals surface area contributed by atoms with Crippen molar-refractivity contribution in [3.63, 3.8) is 0 Å². The van der Waals surface area contributed by atoms with Crippen molar-refractivity contribution in [2.75, 3.05) is 13.2 Å². The number of halogens is 4. The number of carbonyl (C=O) groups excluding carboxylic acids is 1. The van der Waals surface area contributed by atoms with E-state index in [4.69, 9.17) is 4.74 Å². The molecule has 0 unspecified atom stereocenters. The van der Waals surface area contributed by atoms with Crippen LogP contribution in [0, 0.1) is 0 Å². The molecule has 4 rings (SSSR count). The maximum Gasteiger partial charge on any atom is 0.573 e. The molecule has 2 heterocycles. The van der Waals surface area contributed by atoms with Crippen LogP contribution in [0.15, 0.2) is 48.5 Å². The van der Waals surface area contributed by atoms with Crippen molar-refractivity contribution < 1.29 is 27.4 Å². The first-order chi connectivity index (χ1) is 14.3. The molecule has 4 nitrogen and oxygen atoms in total. The van der Waals surface area contributed by atoms with Gasteiger partial charge in [0, 0.05) is 11.5 Å². The first-order valence-electron chi connectivity index (χ1n) is 10.1. The largest absolute Gasteiger partial charge is 0.573 e. The summed E-state index contributed by atoms with van der Waals surface area (Å²) in [5.74, 6) is -0.692. The van der Waals surface area contributed by atoms with Crippen molar-refractivity contribution in [2.24, 2.45) is 0 Å². The molecule has 0 saturated carbocycles. The van der Waals surface area contributed by atoms with Gasteiger partial charge in [-0.05, 0) is 62.1 Å². The minimum Gasteiger partial charge on any atom is -0.406 e. The van der Waals surface area contributed by atoms with Crippen LogP contribution in [0.5, 0.6) is 5.75 Å². The Kier molecular flexibility index (Phi) is 6.98. The van der Waals surface area contributed by atoms with Crippen LogP contribution < -0.4 is 10.1 Å². The van der Waals surface area contributed by atoms with Crippen LogP contribution in [-0.4, -0.2) is 30.9 Å². The molecule has 0 aromatic heterocycles. The molecule has 0 radical (unpaired) electrons. The van der Waals surface area contributed by atoms with E-state index in [2.05, 4.69) is 22.2 Å². The molecule has 8 heteroatoms. The molecule has 0 bridgehead atoms. The summed E-state index contributed by atoms with van der Waals surface area (Å²) in [5, 5.41) is 3.55. The monoisotopic (exact) mass is 455 g/mol. The first-order valence-corrected chi connectivity index (χ1v) is 10.1. The van der Waals surface area contributed by atoms with Gasteiger partial charge < -0.3 is 14.8 Å². The number of benzene rings is 2. The molecule has 3 atom stereocenters. The van der Waals surface area contributed by atoms with Gasteiger partial charge in [0.2, 0.25) is 0 Å². The Hall–Kier alpha value is -2.09.